The molecule has 0 unspecified atom stereocenters. The van der Waals surface area contributed by atoms with Crippen LogP contribution >= 0.6 is 12.2 Å². The van der Waals surface area contributed by atoms with Gasteiger partial charge in [-0.25, -0.2) is 9.67 Å². The Hall–Kier alpha value is -2.20. The summed E-state index contributed by atoms with van der Waals surface area (Å²) in [5, 5.41) is 3.01. The Morgan fingerprint density at radius 1 is 1.00 bits per heavy atom. The molecule has 0 atom stereocenters. The van der Waals surface area contributed by atoms with Crippen molar-refractivity contribution in [1.82, 2.24) is 14.8 Å². The van der Waals surface area contributed by atoms with Crippen molar-refractivity contribution in [3.05, 3.63) is 76.8 Å². The zero-order valence-corrected chi connectivity index (χ0v) is 11.1. The predicted octanol–water partition coefficient (Wildman–Crippen LogP) is 3.52. The second-order valence-electron chi connectivity index (χ2n) is 4.34. The highest BCUT2D eigenvalue weighted by Crippen LogP contribution is 2.13. The number of rotatable bonds is 3. The van der Waals surface area contributed by atoms with E-state index < -0.39 is 0 Å². The van der Waals surface area contributed by atoms with E-state index in [1.54, 1.807) is 11.0 Å². The lowest BCUT2D eigenvalue weighted by molar-refractivity contribution is 0.863. The fourth-order valence-corrected chi connectivity index (χ4v) is 2.29. The largest absolute Gasteiger partial charge is 0.281 e. The standard InChI is InChI=1S/C15H13N3S/c19-15-16-11-17-18(15)14-8-4-7-13(10-14)9-12-5-2-1-3-6-12/h1-8,10-11H,9H2,(H,16,17,19). The number of aromatic amines is 1. The van der Waals surface area contributed by atoms with Gasteiger partial charge in [0.25, 0.3) is 0 Å². The van der Waals surface area contributed by atoms with E-state index in [0.717, 1.165) is 12.1 Å². The summed E-state index contributed by atoms with van der Waals surface area (Å²) in [6.45, 7) is 0. The first-order valence-corrected chi connectivity index (χ1v) is 6.49. The van der Waals surface area contributed by atoms with Crippen LogP contribution in [0.1, 0.15) is 11.1 Å². The molecule has 0 saturated heterocycles. The van der Waals surface area contributed by atoms with Gasteiger partial charge < -0.3 is 0 Å². The van der Waals surface area contributed by atoms with Gasteiger partial charge >= 0.3 is 0 Å². The van der Waals surface area contributed by atoms with E-state index in [-0.39, 0.29) is 0 Å². The van der Waals surface area contributed by atoms with Crippen LogP contribution in [-0.4, -0.2) is 14.8 Å². The minimum Gasteiger partial charge on any atom is -0.281 e. The molecule has 0 aliphatic rings. The van der Waals surface area contributed by atoms with Crippen LogP contribution in [0.15, 0.2) is 60.9 Å². The number of hydrogen-bond acceptors (Lipinski definition) is 2. The molecule has 0 saturated carbocycles. The molecule has 1 heterocycles. The summed E-state index contributed by atoms with van der Waals surface area (Å²) in [6.07, 6.45) is 2.52. The summed E-state index contributed by atoms with van der Waals surface area (Å²) < 4.78 is 2.33. The monoisotopic (exact) mass is 267 g/mol. The normalized spacial score (nSPS) is 10.5. The number of hydrogen-bond donors (Lipinski definition) is 1. The molecule has 0 aliphatic heterocycles. The molecular formula is C15H13N3S. The van der Waals surface area contributed by atoms with E-state index in [4.69, 9.17) is 12.2 Å². The average Bonchev–Trinajstić information content (AvgIpc) is 2.86. The van der Waals surface area contributed by atoms with Gasteiger partial charge in [-0.1, -0.05) is 42.5 Å². The van der Waals surface area contributed by atoms with Crippen LogP contribution in [-0.2, 0) is 6.42 Å². The maximum absolute atomic E-state index is 5.16. The van der Waals surface area contributed by atoms with E-state index in [1.165, 1.54) is 11.1 Å². The molecule has 2 aromatic carbocycles. The number of nitrogens with one attached hydrogen (secondary N) is 1. The minimum absolute atomic E-state index is 0.539. The molecule has 3 nitrogen and oxygen atoms in total. The molecule has 0 aliphatic carbocycles. The molecule has 0 spiro atoms. The summed E-state index contributed by atoms with van der Waals surface area (Å²) in [4.78, 5) is 4.03. The molecule has 19 heavy (non-hydrogen) atoms. The molecule has 0 radical (unpaired) electrons. The summed E-state index contributed by atoms with van der Waals surface area (Å²) in [5.74, 6) is 0. The Kier molecular flexibility index (Phi) is 3.25. The van der Waals surface area contributed by atoms with Gasteiger partial charge in [0, 0.05) is 0 Å². The van der Waals surface area contributed by atoms with Crippen LogP contribution < -0.4 is 0 Å². The summed E-state index contributed by atoms with van der Waals surface area (Å²) in [6, 6.07) is 18.7. The number of aromatic nitrogens is 3. The maximum atomic E-state index is 5.16. The Labute approximate surface area is 116 Å². The molecule has 94 valence electrons. The molecular weight excluding hydrogens is 254 g/mol. The van der Waals surface area contributed by atoms with Crippen LogP contribution in [0.4, 0.5) is 0 Å². The molecule has 0 bridgehead atoms. The minimum atomic E-state index is 0.539. The molecule has 3 aromatic rings. The van der Waals surface area contributed by atoms with Crippen molar-refractivity contribution in [2.75, 3.05) is 0 Å². The Morgan fingerprint density at radius 2 is 1.79 bits per heavy atom. The lowest BCUT2D eigenvalue weighted by atomic mass is 10.0. The molecule has 1 aromatic heterocycles. The van der Waals surface area contributed by atoms with Gasteiger partial charge in [-0.3, -0.25) is 5.10 Å². The molecule has 0 amide bonds. The summed E-state index contributed by atoms with van der Waals surface area (Å²) >= 11 is 5.16. The Balaban J connectivity index is 1.93. The van der Waals surface area contributed by atoms with Crippen molar-refractivity contribution in [1.29, 1.82) is 0 Å². The van der Waals surface area contributed by atoms with Crippen LogP contribution in [0.3, 0.4) is 0 Å². The van der Waals surface area contributed by atoms with Gasteiger partial charge in [-0.05, 0) is 41.9 Å². The van der Waals surface area contributed by atoms with Crippen LogP contribution in [0.2, 0.25) is 0 Å². The fourth-order valence-electron chi connectivity index (χ4n) is 2.08. The van der Waals surface area contributed by atoms with Gasteiger partial charge in [0.05, 0.1) is 5.69 Å². The van der Waals surface area contributed by atoms with Crippen LogP contribution in [0.25, 0.3) is 5.69 Å². The van der Waals surface area contributed by atoms with E-state index in [9.17, 15) is 0 Å². The number of benzene rings is 2. The van der Waals surface area contributed by atoms with Gasteiger partial charge in [-0.2, -0.15) is 0 Å². The first-order valence-electron chi connectivity index (χ1n) is 6.08. The van der Waals surface area contributed by atoms with E-state index in [0.29, 0.717) is 4.77 Å². The van der Waals surface area contributed by atoms with Gasteiger partial charge in [0.1, 0.15) is 6.33 Å². The fraction of sp³-hybridized carbons (Fsp3) is 0.0667. The average molecular weight is 267 g/mol. The zero-order valence-electron chi connectivity index (χ0n) is 10.3. The lowest BCUT2D eigenvalue weighted by Gasteiger charge is -2.06. The second kappa shape index (κ2) is 5.20. The van der Waals surface area contributed by atoms with E-state index in [2.05, 4.69) is 46.5 Å². The van der Waals surface area contributed by atoms with Crippen molar-refractivity contribution in [3.8, 4) is 5.69 Å². The van der Waals surface area contributed by atoms with Crippen molar-refractivity contribution in [2.24, 2.45) is 0 Å². The maximum Gasteiger partial charge on any atom is 0.220 e. The highest BCUT2D eigenvalue weighted by molar-refractivity contribution is 7.71. The molecule has 4 heteroatoms. The van der Waals surface area contributed by atoms with Gasteiger partial charge in [0.2, 0.25) is 4.77 Å². The van der Waals surface area contributed by atoms with Crippen molar-refractivity contribution < 1.29 is 0 Å². The summed E-state index contributed by atoms with van der Waals surface area (Å²) in [5.41, 5.74) is 3.56. The summed E-state index contributed by atoms with van der Waals surface area (Å²) in [7, 11) is 0. The topological polar surface area (TPSA) is 33.6 Å². The van der Waals surface area contributed by atoms with E-state index >= 15 is 0 Å². The highest BCUT2D eigenvalue weighted by atomic mass is 32.1. The van der Waals surface area contributed by atoms with Gasteiger partial charge in [-0.15, -0.1) is 0 Å². The third-order valence-electron chi connectivity index (χ3n) is 2.97. The smallest absolute Gasteiger partial charge is 0.220 e. The van der Waals surface area contributed by atoms with Crippen LogP contribution in [0, 0.1) is 4.77 Å². The Morgan fingerprint density at radius 3 is 2.53 bits per heavy atom. The Bertz CT molecular complexity index is 728. The van der Waals surface area contributed by atoms with Crippen molar-refractivity contribution >= 4 is 12.2 Å². The third kappa shape index (κ3) is 2.63. The zero-order chi connectivity index (χ0) is 13.1. The second-order valence-corrected chi connectivity index (χ2v) is 4.70. The first kappa shape index (κ1) is 11.9. The highest BCUT2D eigenvalue weighted by Gasteiger charge is 2.01. The van der Waals surface area contributed by atoms with Gasteiger partial charge in [0.15, 0.2) is 0 Å². The molecule has 3 rings (SSSR count). The first-order chi connectivity index (χ1) is 9.33. The molecule has 0 fully saturated rings. The predicted molar refractivity (Wildman–Crippen MR) is 78.0 cm³/mol. The van der Waals surface area contributed by atoms with E-state index in [1.807, 2.05) is 18.2 Å². The SMILES string of the molecule is S=c1nc[nH]n1-c1cccc(Cc2ccccc2)c1. The van der Waals surface area contributed by atoms with Crippen molar-refractivity contribution in [3.63, 3.8) is 0 Å². The van der Waals surface area contributed by atoms with Crippen LogP contribution in [0.5, 0.6) is 0 Å². The number of nitrogens with zero attached hydrogens (tertiary/aromatic N) is 2. The number of H-pyrrole nitrogens is 1. The van der Waals surface area contributed by atoms with Crippen molar-refractivity contribution in [2.45, 2.75) is 6.42 Å². The lowest BCUT2D eigenvalue weighted by Crippen LogP contribution is -1.97. The molecule has 1 N–H and O–H groups in total. The third-order valence-corrected chi connectivity index (χ3v) is 3.26. The quantitative estimate of drug-likeness (QED) is 0.737.